The highest BCUT2D eigenvalue weighted by molar-refractivity contribution is 5.89. The Labute approximate surface area is 181 Å². The molecule has 2 N–H and O–H groups in total. The monoisotopic (exact) mass is 410 g/mol. The van der Waals surface area contributed by atoms with Crippen LogP contribution >= 0.6 is 0 Å². The van der Waals surface area contributed by atoms with Gasteiger partial charge in [-0.05, 0) is 41.5 Å². The number of amides is 2. The number of para-hydroxylation sites is 1. The molecule has 31 heavy (non-hydrogen) atoms. The highest BCUT2D eigenvalue weighted by Gasteiger charge is 2.07. The smallest absolute Gasteiger partial charge is 0.319 e. The fourth-order valence-corrected chi connectivity index (χ4v) is 3.11. The Morgan fingerprint density at radius 1 is 0.839 bits per heavy atom. The van der Waals surface area contributed by atoms with Gasteiger partial charge in [-0.2, -0.15) is 0 Å². The number of pyridine rings is 2. The normalized spacial score (nSPS) is 10.3. The zero-order valence-corrected chi connectivity index (χ0v) is 16.9. The van der Waals surface area contributed by atoms with Gasteiger partial charge in [-0.15, -0.1) is 0 Å². The van der Waals surface area contributed by atoms with E-state index in [4.69, 9.17) is 4.74 Å². The minimum Gasteiger partial charge on any atom is -0.488 e. The second-order valence-electron chi connectivity index (χ2n) is 6.90. The summed E-state index contributed by atoms with van der Waals surface area (Å²) in [5, 5.41) is 5.68. The van der Waals surface area contributed by atoms with Gasteiger partial charge < -0.3 is 15.4 Å². The molecular weight excluding hydrogens is 388 g/mol. The van der Waals surface area contributed by atoms with Gasteiger partial charge >= 0.3 is 6.03 Å². The predicted octanol–water partition coefficient (Wildman–Crippen LogP) is 5.04. The summed E-state index contributed by atoms with van der Waals surface area (Å²) in [6.45, 7) is 0.789. The first-order chi connectivity index (χ1) is 15.3. The minimum absolute atomic E-state index is 0.274. The lowest BCUT2D eigenvalue weighted by molar-refractivity contribution is 0.251. The van der Waals surface area contributed by atoms with E-state index in [-0.39, 0.29) is 6.03 Å². The van der Waals surface area contributed by atoms with Gasteiger partial charge in [0.25, 0.3) is 0 Å². The molecule has 4 rings (SSSR count). The van der Waals surface area contributed by atoms with Gasteiger partial charge in [0, 0.05) is 48.1 Å². The van der Waals surface area contributed by atoms with Crippen LogP contribution in [0.15, 0.2) is 97.6 Å². The zero-order chi connectivity index (χ0) is 21.3. The van der Waals surface area contributed by atoms with Crippen LogP contribution in [0.2, 0.25) is 0 Å². The first-order valence-electron chi connectivity index (χ1n) is 9.93. The molecule has 6 heteroatoms. The van der Waals surface area contributed by atoms with E-state index in [0.29, 0.717) is 18.8 Å². The summed E-state index contributed by atoms with van der Waals surface area (Å²) in [6, 6.07) is 22.9. The lowest BCUT2D eigenvalue weighted by Crippen LogP contribution is -2.28. The van der Waals surface area contributed by atoms with Crippen LogP contribution in [-0.2, 0) is 13.2 Å². The Morgan fingerprint density at radius 2 is 1.65 bits per heavy atom. The SMILES string of the molecule is O=C(NCc1cccnc1)Nc1cccc(COc2ccccc2-c2cccnc2)c1. The summed E-state index contributed by atoms with van der Waals surface area (Å²) in [5.74, 6) is 0.781. The average Bonchev–Trinajstić information content (AvgIpc) is 2.83. The molecule has 0 bridgehead atoms. The molecule has 154 valence electrons. The van der Waals surface area contributed by atoms with Crippen LogP contribution in [0.1, 0.15) is 11.1 Å². The third-order valence-electron chi connectivity index (χ3n) is 4.61. The molecule has 2 aromatic carbocycles. The van der Waals surface area contributed by atoms with Gasteiger partial charge in [-0.1, -0.05) is 42.5 Å². The van der Waals surface area contributed by atoms with E-state index >= 15 is 0 Å². The fraction of sp³-hybridized carbons (Fsp3) is 0.0800. The topological polar surface area (TPSA) is 76.1 Å². The van der Waals surface area contributed by atoms with Crippen molar-refractivity contribution in [1.29, 1.82) is 0 Å². The number of nitrogens with zero attached hydrogens (tertiary/aromatic N) is 2. The van der Waals surface area contributed by atoms with Crippen molar-refractivity contribution in [3.05, 3.63) is 109 Å². The third kappa shape index (κ3) is 5.67. The minimum atomic E-state index is -0.274. The van der Waals surface area contributed by atoms with Crippen LogP contribution in [0.5, 0.6) is 5.75 Å². The Bertz CT molecular complexity index is 1130. The third-order valence-corrected chi connectivity index (χ3v) is 4.61. The van der Waals surface area contributed by atoms with Crippen LogP contribution in [-0.4, -0.2) is 16.0 Å². The fourth-order valence-electron chi connectivity index (χ4n) is 3.11. The molecular formula is C25H22N4O2. The molecule has 0 unspecified atom stereocenters. The highest BCUT2D eigenvalue weighted by Crippen LogP contribution is 2.29. The lowest BCUT2D eigenvalue weighted by Gasteiger charge is -2.13. The largest absolute Gasteiger partial charge is 0.488 e. The molecule has 2 heterocycles. The Balaban J connectivity index is 1.37. The molecule has 0 radical (unpaired) electrons. The van der Waals surface area contributed by atoms with Gasteiger partial charge in [0.15, 0.2) is 0 Å². The van der Waals surface area contributed by atoms with Crippen molar-refractivity contribution < 1.29 is 9.53 Å². The van der Waals surface area contributed by atoms with Crippen LogP contribution < -0.4 is 15.4 Å². The molecule has 0 aliphatic heterocycles. The molecule has 0 aliphatic rings. The number of anilines is 1. The highest BCUT2D eigenvalue weighted by atomic mass is 16.5. The maximum Gasteiger partial charge on any atom is 0.319 e. The number of urea groups is 1. The average molecular weight is 410 g/mol. The van der Waals surface area contributed by atoms with Crippen molar-refractivity contribution in [2.45, 2.75) is 13.2 Å². The van der Waals surface area contributed by atoms with Crippen molar-refractivity contribution in [3.63, 3.8) is 0 Å². The number of rotatable bonds is 7. The van der Waals surface area contributed by atoms with Gasteiger partial charge in [0.2, 0.25) is 0 Å². The summed E-state index contributed by atoms with van der Waals surface area (Å²) >= 11 is 0. The molecule has 0 saturated heterocycles. The van der Waals surface area contributed by atoms with Crippen LogP contribution in [0.25, 0.3) is 11.1 Å². The molecule has 6 nitrogen and oxygen atoms in total. The number of hydrogen-bond acceptors (Lipinski definition) is 4. The molecule has 0 atom stereocenters. The van der Waals surface area contributed by atoms with Crippen molar-refractivity contribution in [3.8, 4) is 16.9 Å². The molecule has 0 aliphatic carbocycles. The van der Waals surface area contributed by atoms with Gasteiger partial charge in [-0.3, -0.25) is 9.97 Å². The van der Waals surface area contributed by atoms with E-state index in [2.05, 4.69) is 20.6 Å². The van der Waals surface area contributed by atoms with E-state index in [1.165, 1.54) is 0 Å². The number of hydrogen-bond donors (Lipinski definition) is 2. The Morgan fingerprint density at radius 3 is 2.45 bits per heavy atom. The summed E-state index contributed by atoms with van der Waals surface area (Å²) < 4.78 is 6.08. The van der Waals surface area contributed by atoms with E-state index in [1.807, 2.05) is 79.0 Å². The number of carbonyl (C=O) groups is 1. The number of benzene rings is 2. The first-order valence-corrected chi connectivity index (χ1v) is 9.93. The molecule has 2 amide bonds. The van der Waals surface area contributed by atoms with E-state index in [1.54, 1.807) is 18.6 Å². The van der Waals surface area contributed by atoms with Crippen molar-refractivity contribution in [1.82, 2.24) is 15.3 Å². The molecule has 0 fully saturated rings. The molecule has 2 aromatic heterocycles. The summed E-state index contributed by atoms with van der Waals surface area (Å²) in [4.78, 5) is 20.4. The van der Waals surface area contributed by atoms with Crippen LogP contribution in [0.3, 0.4) is 0 Å². The van der Waals surface area contributed by atoms with E-state index in [9.17, 15) is 4.79 Å². The molecule has 0 spiro atoms. The number of aromatic nitrogens is 2. The quantitative estimate of drug-likeness (QED) is 0.447. The van der Waals surface area contributed by atoms with Crippen molar-refractivity contribution >= 4 is 11.7 Å². The lowest BCUT2D eigenvalue weighted by atomic mass is 10.1. The number of nitrogens with one attached hydrogen (secondary N) is 2. The summed E-state index contributed by atoms with van der Waals surface area (Å²) in [6.07, 6.45) is 6.99. The molecule has 4 aromatic rings. The maximum absolute atomic E-state index is 12.2. The number of ether oxygens (including phenoxy) is 1. The van der Waals surface area contributed by atoms with Crippen LogP contribution in [0, 0.1) is 0 Å². The second-order valence-corrected chi connectivity index (χ2v) is 6.90. The summed E-state index contributed by atoms with van der Waals surface area (Å²) in [5.41, 5.74) is 4.57. The van der Waals surface area contributed by atoms with E-state index in [0.717, 1.165) is 28.0 Å². The standard InChI is InChI=1S/C25H22N4O2/c30-25(28-16-20-7-4-12-26-15-20)29-22-9-3-6-19(14-22)18-31-24-11-2-1-10-23(24)21-8-5-13-27-17-21/h1-15,17H,16,18H2,(H2,28,29,30). The maximum atomic E-state index is 12.2. The predicted molar refractivity (Wildman–Crippen MR) is 121 cm³/mol. The van der Waals surface area contributed by atoms with Crippen LogP contribution in [0.4, 0.5) is 10.5 Å². The summed E-state index contributed by atoms with van der Waals surface area (Å²) in [7, 11) is 0. The Hall–Kier alpha value is -4.19. The first kappa shape index (κ1) is 20.1. The van der Waals surface area contributed by atoms with Gasteiger partial charge in [-0.25, -0.2) is 4.79 Å². The van der Waals surface area contributed by atoms with Crippen molar-refractivity contribution in [2.24, 2.45) is 0 Å². The Kier molecular flexibility index (Phi) is 6.50. The van der Waals surface area contributed by atoms with Gasteiger partial charge in [0.05, 0.1) is 0 Å². The molecule has 0 saturated carbocycles. The zero-order valence-electron chi connectivity index (χ0n) is 16.9. The number of carbonyl (C=O) groups excluding carboxylic acids is 1. The second kappa shape index (κ2) is 10.0. The van der Waals surface area contributed by atoms with Gasteiger partial charge in [0.1, 0.15) is 12.4 Å². The van der Waals surface area contributed by atoms with Crippen molar-refractivity contribution in [2.75, 3.05) is 5.32 Å². The van der Waals surface area contributed by atoms with E-state index < -0.39 is 0 Å².